The lowest BCUT2D eigenvalue weighted by Crippen LogP contribution is -2.37. The van der Waals surface area contributed by atoms with Crippen molar-refractivity contribution in [1.29, 1.82) is 0 Å². The number of ether oxygens (including phenoxy) is 1. The standard InChI is InChI=1S/C10H17NO3/c1-11(7-6-9(12)14-2)10(13)8-4-3-5-8/h8H,3-7H2,1-2H3. The summed E-state index contributed by atoms with van der Waals surface area (Å²) in [6.07, 6.45) is 3.44. The smallest absolute Gasteiger partial charge is 0.307 e. The van der Waals surface area contributed by atoms with Gasteiger partial charge in [-0.15, -0.1) is 0 Å². The number of hydrogen-bond donors (Lipinski definition) is 0. The molecule has 1 saturated carbocycles. The molecule has 80 valence electrons. The van der Waals surface area contributed by atoms with Crippen LogP contribution < -0.4 is 0 Å². The van der Waals surface area contributed by atoms with E-state index in [-0.39, 0.29) is 24.2 Å². The number of carbonyl (C=O) groups is 2. The molecule has 1 amide bonds. The molecular weight excluding hydrogens is 182 g/mol. The Kier molecular flexibility index (Phi) is 3.92. The largest absolute Gasteiger partial charge is 0.469 e. The van der Waals surface area contributed by atoms with Gasteiger partial charge in [-0.3, -0.25) is 9.59 Å². The first-order valence-electron chi connectivity index (χ1n) is 4.97. The molecule has 1 aliphatic carbocycles. The number of rotatable bonds is 4. The Bertz CT molecular complexity index is 223. The van der Waals surface area contributed by atoms with Gasteiger partial charge in [0.15, 0.2) is 0 Å². The molecular formula is C10H17NO3. The first kappa shape index (κ1) is 11.0. The quantitative estimate of drug-likeness (QED) is 0.629. The first-order chi connectivity index (χ1) is 6.65. The van der Waals surface area contributed by atoms with Crippen LogP contribution in [0.4, 0.5) is 0 Å². The van der Waals surface area contributed by atoms with Crippen molar-refractivity contribution in [3.63, 3.8) is 0 Å². The van der Waals surface area contributed by atoms with Crippen LogP contribution in [0.5, 0.6) is 0 Å². The van der Waals surface area contributed by atoms with Gasteiger partial charge in [-0.05, 0) is 12.8 Å². The molecule has 0 unspecified atom stereocenters. The Morgan fingerprint density at radius 2 is 2.07 bits per heavy atom. The third-order valence-corrected chi connectivity index (χ3v) is 2.71. The Hall–Kier alpha value is -1.06. The number of amides is 1. The van der Waals surface area contributed by atoms with E-state index in [4.69, 9.17) is 0 Å². The molecule has 14 heavy (non-hydrogen) atoms. The molecule has 4 nitrogen and oxygen atoms in total. The van der Waals surface area contributed by atoms with Crippen LogP contribution in [-0.4, -0.2) is 37.5 Å². The van der Waals surface area contributed by atoms with Crippen LogP contribution in [0.3, 0.4) is 0 Å². The molecule has 1 aliphatic rings. The van der Waals surface area contributed by atoms with E-state index >= 15 is 0 Å². The van der Waals surface area contributed by atoms with Crippen LogP contribution in [0.1, 0.15) is 25.7 Å². The van der Waals surface area contributed by atoms with Gasteiger partial charge in [-0.1, -0.05) is 6.42 Å². The second kappa shape index (κ2) is 4.98. The molecule has 1 rings (SSSR count). The van der Waals surface area contributed by atoms with Crippen molar-refractivity contribution in [3.05, 3.63) is 0 Å². The van der Waals surface area contributed by atoms with Gasteiger partial charge >= 0.3 is 5.97 Å². The van der Waals surface area contributed by atoms with Crippen molar-refractivity contribution >= 4 is 11.9 Å². The minimum atomic E-state index is -0.266. The molecule has 0 bridgehead atoms. The van der Waals surface area contributed by atoms with E-state index in [1.807, 2.05) is 0 Å². The monoisotopic (exact) mass is 199 g/mol. The summed E-state index contributed by atoms with van der Waals surface area (Å²) in [6.45, 7) is 0.460. The van der Waals surface area contributed by atoms with Crippen LogP contribution in [0.25, 0.3) is 0 Å². The van der Waals surface area contributed by atoms with E-state index in [0.29, 0.717) is 6.54 Å². The van der Waals surface area contributed by atoms with Crippen LogP contribution in [0, 0.1) is 5.92 Å². The summed E-state index contributed by atoms with van der Waals surface area (Å²) in [5.74, 6) is 0.107. The van der Waals surface area contributed by atoms with Gasteiger partial charge in [-0.2, -0.15) is 0 Å². The summed E-state index contributed by atoms with van der Waals surface area (Å²) in [6, 6.07) is 0. The van der Waals surface area contributed by atoms with Gasteiger partial charge in [0, 0.05) is 19.5 Å². The summed E-state index contributed by atoms with van der Waals surface area (Å²) < 4.78 is 4.50. The highest BCUT2D eigenvalue weighted by molar-refractivity contribution is 5.80. The summed E-state index contributed by atoms with van der Waals surface area (Å²) in [5.41, 5.74) is 0. The summed E-state index contributed by atoms with van der Waals surface area (Å²) in [7, 11) is 3.10. The zero-order valence-corrected chi connectivity index (χ0v) is 8.78. The minimum Gasteiger partial charge on any atom is -0.469 e. The van der Waals surface area contributed by atoms with E-state index < -0.39 is 0 Å². The normalized spacial score (nSPS) is 15.9. The van der Waals surface area contributed by atoms with Crippen molar-refractivity contribution in [2.45, 2.75) is 25.7 Å². The molecule has 0 aliphatic heterocycles. The second-order valence-corrected chi connectivity index (χ2v) is 3.71. The van der Waals surface area contributed by atoms with Gasteiger partial charge in [0.25, 0.3) is 0 Å². The van der Waals surface area contributed by atoms with Gasteiger partial charge in [0.1, 0.15) is 0 Å². The fourth-order valence-electron chi connectivity index (χ4n) is 1.44. The lowest BCUT2D eigenvalue weighted by Gasteiger charge is -2.28. The molecule has 0 atom stereocenters. The van der Waals surface area contributed by atoms with Crippen LogP contribution in [0.2, 0.25) is 0 Å². The molecule has 0 aromatic heterocycles. The molecule has 1 fully saturated rings. The fraction of sp³-hybridized carbons (Fsp3) is 0.800. The lowest BCUT2D eigenvalue weighted by molar-refractivity contribution is -0.142. The second-order valence-electron chi connectivity index (χ2n) is 3.71. The SMILES string of the molecule is COC(=O)CCN(C)C(=O)C1CCC1. The maximum Gasteiger partial charge on any atom is 0.307 e. The van der Waals surface area contributed by atoms with Crippen LogP contribution in [-0.2, 0) is 14.3 Å². The zero-order valence-electron chi connectivity index (χ0n) is 8.78. The number of nitrogens with zero attached hydrogens (tertiary/aromatic N) is 1. The van der Waals surface area contributed by atoms with Gasteiger partial charge < -0.3 is 9.64 Å². The van der Waals surface area contributed by atoms with Crippen LogP contribution >= 0.6 is 0 Å². The highest BCUT2D eigenvalue weighted by Gasteiger charge is 2.27. The Balaban J connectivity index is 2.23. The number of hydrogen-bond acceptors (Lipinski definition) is 3. The lowest BCUT2D eigenvalue weighted by atomic mass is 9.84. The van der Waals surface area contributed by atoms with Crippen molar-refractivity contribution in [1.82, 2.24) is 4.90 Å². The van der Waals surface area contributed by atoms with Crippen molar-refractivity contribution in [2.24, 2.45) is 5.92 Å². The van der Waals surface area contributed by atoms with Crippen molar-refractivity contribution in [2.75, 3.05) is 20.7 Å². The van der Waals surface area contributed by atoms with Gasteiger partial charge in [0.05, 0.1) is 13.5 Å². The van der Waals surface area contributed by atoms with Gasteiger partial charge in [0.2, 0.25) is 5.91 Å². The van der Waals surface area contributed by atoms with E-state index in [9.17, 15) is 9.59 Å². The summed E-state index contributed by atoms with van der Waals surface area (Å²) in [4.78, 5) is 24.1. The van der Waals surface area contributed by atoms with Crippen molar-refractivity contribution in [3.8, 4) is 0 Å². The van der Waals surface area contributed by atoms with E-state index in [1.54, 1.807) is 11.9 Å². The summed E-state index contributed by atoms with van der Waals surface area (Å²) >= 11 is 0. The predicted molar refractivity (Wildman–Crippen MR) is 51.6 cm³/mol. The Morgan fingerprint density at radius 3 is 2.50 bits per heavy atom. The average molecular weight is 199 g/mol. The zero-order chi connectivity index (χ0) is 10.6. The molecule has 0 N–H and O–H groups in total. The molecule has 4 heteroatoms. The predicted octanol–water partition coefficient (Wildman–Crippen LogP) is 0.808. The van der Waals surface area contributed by atoms with Crippen LogP contribution in [0.15, 0.2) is 0 Å². The third kappa shape index (κ3) is 2.72. The fourth-order valence-corrected chi connectivity index (χ4v) is 1.44. The number of methoxy groups -OCH3 is 1. The highest BCUT2D eigenvalue weighted by Crippen LogP contribution is 2.27. The molecule has 0 aromatic rings. The van der Waals surface area contributed by atoms with E-state index in [2.05, 4.69) is 4.74 Å². The maximum absolute atomic E-state index is 11.6. The Labute approximate surface area is 84.2 Å². The topological polar surface area (TPSA) is 46.6 Å². The van der Waals surface area contributed by atoms with Crippen molar-refractivity contribution < 1.29 is 14.3 Å². The molecule has 0 saturated heterocycles. The van der Waals surface area contributed by atoms with E-state index in [0.717, 1.165) is 19.3 Å². The average Bonchev–Trinajstić information content (AvgIpc) is 2.10. The first-order valence-corrected chi connectivity index (χ1v) is 4.97. The minimum absolute atomic E-state index is 0.167. The molecule has 0 heterocycles. The van der Waals surface area contributed by atoms with Gasteiger partial charge in [-0.25, -0.2) is 0 Å². The number of esters is 1. The highest BCUT2D eigenvalue weighted by atomic mass is 16.5. The molecule has 0 radical (unpaired) electrons. The summed E-state index contributed by atoms with van der Waals surface area (Å²) in [5, 5.41) is 0. The number of carbonyl (C=O) groups excluding carboxylic acids is 2. The van der Waals surface area contributed by atoms with E-state index in [1.165, 1.54) is 7.11 Å². The maximum atomic E-state index is 11.6. The molecule has 0 aromatic carbocycles. The third-order valence-electron chi connectivity index (χ3n) is 2.71. The Morgan fingerprint density at radius 1 is 1.43 bits per heavy atom. The molecule has 0 spiro atoms.